The zero-order valence-electron chi connectivity index (χ0n) is 13.3. The first-order valence-electron chi connectivity index (χ1n) is 6.90. The predicted octanol–water partition coefficient (Wildman–Crippen LogP) is 1.78. The summed E-state index contributed by atoms with van der Waals surface area (Å²) in [4.78, 5) is 19.8. The zero-order chi connectivity index (χ0) is 15.3. The summed E-state index contributed by atoms with van der Waals surface area (Å²) in [6.45, 7) is 5.31. The fraction of sp³-hybridized carbons (Fsp3) is 0.600. The molecular formula is C15H26N4O. The van der Waals surface area contributed by atoms with Crippen LogP contribution >= 0.6 is 0 Å². The maximum Gasteiger partial charge on any atom is 0.254 e. The van der Waals surface area contributed by atoms with E-state index >= 15 is 0 Å². The smallest absolute Gasteiger partial charge is 0.254 e. The van der Waals surface area contributed by atoms with E-state index in [0.29, 0.717) is 17.5 Å². The van der Waals surface area contributed by atoms with Crippen LogP contribution in [0.15, 0.2) is 18.3 Å². The minimum Gasteiger partial charge on any atom is -0.366 e. The van der Waals surface area contributed by atoms with E-state index in [1.807, 2.05) is 12.1 Å². The van der Waals surface area contributed by atoms with Gasteiger partial charge in [0.05, 0.1) is 5.56 Å². The second-order valence-corrected chi connectivity index (χ2v) is 5.89. The predicted molar refractivity (Wildman–Crippen MR) is 83.1 cm³/mol. The molecule has 0 aliphatic rings. The third kappa shape index (κ3) is 4.81. The second kappa shape index (κ2) is 7.24. The first kappa shape index (κ1) is 16.4. The summed E-state index contributed by atoms with van der Waals surface area (Å²) in [7, 11) is 7.59. The number of carbonyl (C=O) groups excluding carboxylic acids is 1. The van der Waals surface area contributed by atoms with Gasteiger partial charge >= 0.3 is 0 Å². The monoisotopic (exact) mass is 278 g/mol. The van der Waals surface area contributed by atoms with Crippen LogP contribution in [0.25, 0.3) is 0 Å². The molecule has 5 nitrogen and oxygen atoms in total. The van der Waals surface area contributed by atoms with Gasteiger partial charge < -0.3 is 15.1 Å². The lowest BCUT2D eigenvalue weighted by molar-refractivity contribution is 0.0827. The summed E-state index contributed by atoms with van der Waals surface area (Å²) in [6, 6.07) is 4.00. The first-order chi connectivity index (χ1) is 9.31. The molecule has 20 heavy (non-hydrogen) atoms. The van der Waals surface area contributed by atoms with Crippen molar-refractivity contribution >= 4 is 11.7 Å². The molecule has 1 amide bonds. The average Bonchev–Trinajstić information content (AvgIpc) is 2.37. The number of carbonyl (C=O) groups is 1. The van der Waals surface area contributed by atoms with Crippen LogP contribution in [0.2, 0.25) is 0 Å². The van der Waals surface area contributed by atoms with Crippen molar-refractivity contribution in [1.29, 1.82) is 0 Å². The van der Waals surface area contributed by atoms with Gasteiger partial charge in [-0.25, -0.2) is 4.98 Å². The molecule has 0 saturated heterocycles. The van der Waals surface area contributed by atoms with Gasteiger partial charge in [-0.05, 0) is 32.1 Å². The Morgan fingerprint density at radius 1 is 1.25 bits per heavy atom. The highest BCUT2D eigenvalue weighted by molar-refractivity contribution is 5.93. The third-order valence-corrected chi connectivity index (χ3v) is 3.12. The van der Waals surface area contributed by atoms with Crippen molar-refractivity contribution in [3.05, 3.63) is 23.9 Å². The molecule has 1 unspecified atom stereocenters. The molecule has 1 atom stereocenters. The van der Waals surface area contributed by atoms with Crippen LogP contribution < -0.4 is 5.32 Å². The molecule has 1 aromatic heterocycles. The lowest BCUT2D eigenvalue weighted by atomic mass is 10.0. The summed E-state index contributed by atoms with van der Waals surface area (Å²) in [6.07, 6.45) is 1.62. The quantitative estimate of drug-likeness (QED) is 0.862. The zero-order valence-corrected chi connectivity index (χ0v) is 13.3. The Morgan fingerprint density at radius 2 is 1.90 bits per heavy atom. The number of rotatable bonds is 6. The molecular weight excluding hydrogens is 252 g/mol. The molecule has 1 heterocycles. The fourth-order valence-electron chi connectivity index (χ4n) is 1.87. The van der Waals surface area contributed by atoms with E-state index in [0.717, 1.165) is 12.4 Å². The minimum absolute atomic E-state index is 0.0299. The van der Waals surface area contributed by atoms with Crippen LogP contribution in [-0.4, -0.2) is 61.5 Å². The Hall–Kier alpha value is -1.62. The van der Waals surface area contributed by atoms with E-state index in [-0.39, 0.29) is 5.91 Å². The topological polar surface area (TPSA) is 48.5 Å². The Bertz CT molecular complexity index is 426. The van der Waals surface area contributed by atoms with Crippen LogP contribution in [0.4, 0.5) is 5.82 Å². The molecule has 0 aromatic carbocycles. The first-order valence-corrected chi connectivity index (χ1v) is 6.90. The van der Waals surface area contributed by atoms with E-state index in [2.05, 4.69) is 43.1 Å². The molecule has 112 valence electrons. The van der Waals surface area contributed by atoms with Crippen molar-refractivity contribution in [3.8, 4) is 0 Å². The van der Waals surface area contributed by atoms with Crippen molar-refractivity contribution in [2.24, 2.45) is 5.92 Å². The fourth-order valence-corrected chi connectivity index (χ4v) is 1.87. The van der Waals surface area contributed by atoms with Crippen LogP contribution in [0, 0.1) is 5.92 Å². The van der Waals surface area contributed by atoms with Gasteiger partial charge in [0, 0.05) is 32.9 Å². The van der Waals surface area contributed by atoms with E-state index in [4.69, 9.17) is 0 Å². The van der Waals surface area contributed by atoms with Gasteiger partial charge in [-0.1, -0.05) is 13.8 Å². The maximum atomic E-state index is 11.8. The molecule has 1 N–H and O–H groups in total. The normalized spacial score (nSPS) is 12.6. The Kier molecular flexibility index (Phi) is 5.95. The highest BCUT2D eigenvalue weighted by atomic mass is 16.2. The molecule has 0 radical (unpaired) electrons. The van der Waals surface area contributed by atoms with Crippen LogP contribution in [-0.2, 0) is 0 Å². The van der Waals surface area contributed by atoms with Gasteiger partial charge in [0.1, 0.15) is 5.82 Å². The third-order valence-electron chi connectivity index (χ3n) is 3.12. The van der Waals surface area contributed by atoms with Crippen molar-refractivity contribution < 1.29 is 4.79 Å². The van der Waals surface area contributed by atoms with Crippen molar-refractivity contribution in [1.82, 2.24) is 14.8 Å². The number of aromatic nitrogens is 1. The summed E-state index contributed by atoms with van der Waals surface area (Å²) >= 11 is 0. The van der Waals surface area contributed by atoms with Crippen molar-refractivity contribution in [2.45, 2.75) is 19.9 Å². The van der Waals surface area contributed by atoms with E-state index in [1.165, 1.54) is 0 Å². The molecule has 0 fully saturated rings. The largest absolute Gasteiger partial charge is 0.366 e. The lowest BCUT2D eigenvalue weighted by Crippen LogP contribution is -2.36. The number of nitrogens with one attached hydrogen (secondary N) is 1. The molecule has 0 aliphatic heterocycles. The number of nitrogens with zero attached hydrogens (tertiary/aromatic N) is 3. The van der Waals surface area contributed by atoms with Gasteiger partial charge in [-0.3, -0.25) is 4.79 Å². The number of amides is 1. The second-order valence-electron chi connectivity index (χ2n) is 5.89. The molecule has 1 rings (SSSR count). The minimum atomic E-state index is -0.0299. The number of likely N-dealkylation sites (N-methyl/N-ethyl adjacent to an activating group) is 1. The summed E-state index contributed by atoms with van der Waals surface area (Å²) in [5.74, 6) is 1.28. The number of anilines is 1. The molecule has 5 heteroatoms. The van der Waals surface area contributed by atoms with Gasteiger partial charge in [0.2, 0.25) is 0 Å². The van der Waals surface area contributed by atoms with Crippen LogP contribution in [0.1, 0.15) is 24.2 Å². The Balaban J connectivity index is 2.75. The summed E-state index contributed by atoms with van der Waals surface area (Å²) in [5, 5.41) is 3.43. The molecule has 0 bridgehead atoms. The summed E-state index contributed by atoms with van der Waals surface area (Å²) < 4.78 is 0. The van der Waals surface area contributed by atoms with Gasteiger partial charge in [0.25, 0.3) is 5.91 Å². The van der Waals surface area contributed by atoms with Crippen molar-refractivity contribution in [3.63, 3.8) is 0 Å². The summed E-state index contributed by atoms with van der Waals surface area (Å²) in [5.41, 5.74) is 0.606. The Morgan fingerprint density at radius 3 is 2.30 bits per heavy atom. The molecule has 1 aromatic rings. The van der Waals surface area contributed by atoms with E-state index in [9.17, 15) is 4.79 Å². The van der Waals surface area contributed by atoms with Crippen LogP contribution in [0.3, 0.4) is 0 Å². The standard InChI is InChI=1S/C15H26N4O/c1-11(2)13(10-18(3)4)17-14-8-7-12(9-16-14)15(20)19(5)6/h7-9,11,13H,10H2,1-6H3,(H,16,17). The number of pyridine rings is 1. The maximum absolute atomic E-state index is 11.8. The molecule has 0 aliphatic carbocycles. The average molecular weight is 278 g/mol. The van der Waals surface area contributed by atoms with Crippen molar-refractivity contribution in [2.75, 3.05) is 40.1 Å². The molecule has 0 saturated carbocycles. The molecule has 0 spiro atoms. The van der Waals surface area contributed by atoms with Crippen LogP contribution in [0.5, 0.6) is 0 Å². The SMILES string of the molecule is CC(C)C(CN(C)C)Nc1ccc(C(=O)N(C)C)cn1. The van der Waals surface area contributed by atoms with Gasteiger partial charge in [0.15, 0.2) is 0 Å². The Labute approximate surface area is 122 Å². The number of hydrogen-bond donors (Lipinski definition) is 1. The van der Waals surface area contributed by atoms with Gasteiger partial charge in [-0.15, -0.1) is 0 Å². The van der Waals surface area contributed by atoms with E-state index in [1.54, 1.807) is 25.2 Å². The highest BCUT2D eigenvalue weighted by Crippen LogP contribution is 2.12. The highest BCUT2D eigenvalue weighted by Gasteiger charge is 2.15. The van der Waals surface area contributed by atoms with Gasteiger partial charge in [-0.2, -0.15) is 0 Å². The lowest BCUT2D eigenvalue weighted by Gasteiger charge is -2.26. The number of hydrogen-bond acceptors (Lipinski definition) is 4. The van der Waals surface area contributed by atoms with E-state index < -0.39 is 0 Å².